The van der Waals surface area contributed by atoms with Crippen LogP contribution in [0.25, 0.3) is 0 Å². The number of aromatic carboxylic acids is 1. The summed E-state index contributed by atoms with van der Waals surface area (Å²) in [7, 11) is 0. The van der Waals surface area contributed by atoms with E-state index in [1.165, 1.54) is 30.3 Å². The van der Waals surface area contributed by atoms with Gasteiger partial charge < -0.3 is 14.8 Å². The lowest BCUT2D eigenvalue weighted by molar-refractivity contribution is 0.0690. The van der Waals surface area contributed by atoms with Crippen molar-refractivity contribution in [2.75, 3.05) is 5.32 Å². The highest BCUT2D eigenvalue weighted by Gasteiger charge is 2.12. The van der Waals surface area contributed by atoms with Gasteiger partial charge in [-0.25, -0.2) is 9.78 Å². The molecule has 92 valence electrons. The van der Waals surface area contributed by atoms with Gasteiger partial charge in [0.1, 0.15) is 5.82 Å². The Kier molecular flexibility index (Phi) is 3.29. The van der Waals surface area contributed by atoms with Crippen LogP contribution < -0.4 is 5.32 Å². The highest BCUT2D eigenvalue weighted by molar-refractivity contribution is 6.29. The highest BCUT2D eigenvalue weighted by atomic mass is 35.5. The second-order valence-corrected chi connectivity index (χ2v) is 3.64. The average Bonchev–Trinajstić information content (AvgIpc) is 2.76. The minimum Gasteiger partial charge on any atom is -0.477 e. The Hall–Kier alpha value is -2.34. The summed E-state index contributed by atoms with van der Waals surface area (Å²) in [6.07, 6.45) is 0. The van der Waals surface area contributed by atoms with Gasteiger partial charge in [0.05, 0.1) is 0 Å². The molecule has 2 aromatic heterocycles. The monoisotopic (exact) mass is 266 g/mol. The Bertz CT molecular complexity index is 609. The van der Waals surface area contributed by atoms with Crippen LogP contribution in [0.2, 0.25) is 5.22 Å². The summed E-state index contributed by atoms with van der Waals surface area (Å²) in [4.78, 5) is 26.1. The molecule has 2 N–H and O–H groups in total. The summed E-state index contributed by atoms with van der Waals surface area (Å²) in [5.41, 5.74) is -0.162. The summed E-state index contributed by atoms with van der Waals surface area (Å²) in [5, 5.41) is 11.2. The van der Waals surface area contributed by atoms with Gasteiger partial charge >= 0.3 is 5.97 Å². The zero-order valence-corrected chi connectivity index (χ0v) is 9.64. The Balaban J connectivity index is 2.16. The number of carbonyl (C=O) groups excluding carboxylic acids is 1. The number of furan rings is 1. The molecule has 0 saturated heterocycles. The molecule has 0 bridgehead atoms. The smallest absolute Gasteiger partial charge is 0.354 e. The number of anilines is 1. The molecule has 0 aliphatic heterocycles. The third kappa shape index (κ3) is 2.67. The van der Waals surface area contributed by atoms with Gasteiger partial charge in [0.25, 0.3) is 5.91 Å². The summed E-state index contributed by atoms with van der Waals surface area (Å²) < 4.78 is 4.90. The lowest BCUT2D eigenvalue weighted by Crippen LogP contribution is -2.13. The van der Waals surface area contributed by atoms with Crippen LogP contribution in [0, 0.1) is 0 Å². The van der Waals surface area contributed by atoms with Crippen LogP contribution in [0.1, 0.15) is 21.0 Å². The van der Waals surface area contributed by atoms with Gasteiger partial charge in [-0.05, 0) is 35.9 Å². The normalized spacial score (nSPS) is 10.1. The number of carbonyl (C=O) groups is 2. The van der Waals surface area contributed by atoms with Gasteiger partial charge in [0.15, 0.2) is 16.7 Å². The van der Waals surface area contributed by atoms with E-state index in [4.69, 9.17) is 21.1 Å². The van der Waals surface area contributed by atoms with Crippen LogP contribution in [0.3, 0.4) is 0 Å². The van der Waals surface area contributed by atoms with Crippen LogP contribution in [0.4, 0.5) is 5.82 Å². The number of halogens is 1. The van der Waals surface area contributed by atoms with Crippen molar-refractivity contribution < 1.29 is 19.1 Å². The van der Waals surface area contributed by atoms with E-state index in [0.29, 0.717) is 0 Å². The second kappa shape index (κ2) is 4.89. The number of aromatic nitrogens is 1. The molecule has 2 heterocycles. The van der Waals surface area contributed by atoms with Crippen molar-refractivity contribution in [1.82, 2.24) is 4.98 Å². The van der Waals surface area contributed by atoms with Crippen LogP contribution >= 0.6 is 11.6 Å². The number of hydrogen-bond acceptors (Lipinski definition) is 4. The third-order valence-electron chi connectivity index (χ3n) is 2.01. The third-order valence-corrected chi connectivity index (χ3v) is 2.21. The molecule has 0 spiro atoms. The molecule has 0 saturated carbocycles. The summed E-state index contributed by atoms with van der Waals surface area (Å²) in [5.74, 6) is -1.60. The molecule has 18 heavy (non-hydrogen) atoms. The fraction of sp³-hybridized carbons (Fsp3) is 0. The van der Waals surface area contributed by atoms with Crippen LogP contribution in [0.15, 0.2) is 34.7 Å². The van der Waals surface area contributed by atoms with Gasteiger partial charge in [-0.1, -0.05) is 6.07 Å². The standard InChI is InChI=1S/C11H7ClN2O4/c12-8-5-4-7(18-8)10(15)14-9-3-1-2-6(13-9)11(16)17/h1-5H,(H,16,17)(H,13,14,15). The topological polar surface area (TPSA) is 92.4 Å². The first-order valence-electron chi connectivity index (χ1n) is 4.83. The Morgan fingerprint density at radius 2 is 2.06 bits per heavy atom. The molecule has 0 unspecified atom stereocenters. The number of rotatable bonds is 3. The zero-order valence-electron chi connectivity index (χ0n) is 8.88. The number of amides is 1. The van der Waals surface area contributed by atoms with E-state index in [0.717, 1.165) is 0 Å². The first-order chi connectivity index (χ1) is 8.56. The number of nitrogens with one attached hydrogen (secondary N) is 1. The Labute approximate surface area is 106 Å². The lowest BCUT2D eigenvalue weighted by Gasteiger charge is -2.02. The SMILES string of the molecule is O=C(O)c1cccc(NC(=O)c2ccc(Cl)o2)n1. The highest BCUT2D eigenvalue weighted by Crippen LogP contribution is 2.14. The fourth-order valence-electron chi connectivity index (χ4n) is 1.24. The van der Waals surface area contributed by atoms with Crippen LogP contribution in [-0.2, 0) is 0 Å². The van der Waals surface area contributed by atoms with Crippen LogP contribution in [0.5, 0.6) is 0 Å². The van der Waals surface area contributed by atoms with Crippen molar-refractivity contribution in [2.45, 2.75) is 0 Å². The van der Waals surface area contributed by atoms with Crippen molar-refractivity contribution in [2.24, 2.45) is 0 Å². The molecule has 0 atom stereocenters. The van der Waals surface area contributed by atoms with E-state index in [9.17, 15) is 9.59 Å². The van der Waals surface area contributed by atoms with Gasteiger partial charge in [-0.3, -0.25) is 4.79 Å². The first kappa shape index (κ1) is 12.1. The fourth-order valence-corrected chi connectivity index (χ4v) is 1.38. The average molecular weight is 267 g/mol. The second-order valence-electron chi connectivity index (χ2n) is 3.27. The molecule has 0 fully saturated rings. The Morgan fingerprint density at radius 3 is 2.67 bits per heavy atom. The summed E-state index contributed by atoms with van der Waals surface area (Å²) in [6, 6.07) is 7.09. The molecule has 2 rings (SSSR count). The van der Waals surface area contributed by atoms with Crippen molar-refractivity contribution in [1.29, 1.82) is 0 Å². The molecule has 0 radical (unpaired) electrons. The quantitative estimate of drug-likeness (QED) is 0.889. The maximum Gasteiger partial charge on any atom is 0.354 e. The molecule has 0 aliphatic rings. The number of hydrogen-bond donors (Lipinski definition) is 2. The number of carboxylic acid groups (broad SMARTS) is 1. The lowest BCUT2D eigenvalue weighted by atomic mass is 10.3. The summed E-state index contributed by atoms with van der Waals surface area (Å²) >= 11 is 5.53. The van der Waals surface area contributed by atoms with Crippen molar-refractivity contribution >= 4 is 29.3 Å². The molecule has 7 heteroatoms. The number of nitrogens with zero attached hydrogens (tertiary/aromatic N) is 1. The molecule has 6 nitrogen and oxygen atoms in total. The van der Waals surface area contributed by atoms with E-state index >= 15 is 0 Å². The van der Waals surface area contributed by atoms with Crippen molar-refractivity contribution in [3.8, 4) is 0 Å². The largest absolute Gasteiger partial charge is 0.477 e. The molecule has 2 aromatic rings. The number of carboxylic acids is 1. The predicted octanol–water partition coefficient (Wildman–Crippen LogP) is 2.28. The van der Waals surface area contributed by atoms with Gasteiger partial charge in [0, 0.05) is 0 Å². The molecule has 1 amide bonds. The van der Waals surface area contributed by atoms with E-state index in [2.05, 4.69) is 10.3 Å². The zero-order chi connectivity index (χ0) is 13.1. The van der Waals surface area contributed by atoms with Gasteiger partial charge in [-0.2, -0.15) is 0 Å². The van der Waals surface area contributed by atoms with E-state index in [1.54, 1.807) is 0 Å². The number of pyridine rings is 1. The first-order valence-corrected chi connectivity index (χ1v) is 5.21. The predicted molar refractivity (Wildman–Crippen MR) is 62.9 cm³/mol. The minimum absolute atomic E-state index is 0.0162. The molecular formula is C11H7ClN2O4. The van der Waals surface area contributed by atoms with Crippen LogP contribution in [-0.4, -0.2) is 22.0 Å². The van der Waals surface area contributed by atoms with Crippen molar-refractivity contribution in [3.63, 3.8) is 0 Å². The molecule has 0 aromatic carbocycles. The van der Waals surface area contributed by atoms with E-state index in [1.807, 2.05) is 0 Å². The molecule has 0 aliphatic carbocycles. The summed E-state index contributed by atoms with van der Waals surface area (Å²) in [6.45, 7) is 0. The molecular weight excluding hydrogens is 260 g/mol. The Morgan fingerprint density at radius 1 is 1.28 bits per heavy atom. The minimum atomic E-state index is -1.17. The van der Waals surface area contributed by atoms with E-state index in [-0.39, 0.29) is 22.5 Å². The maximum absolute atomic E-state index is 11.7. The van der Waals surface area contributed by atoms with Crippen molar-refractivity contribution in [3.05, 3.63) is 47.0 Å². The van der Waals surface area contributed by atoms with Gasteiger partial charge in [-0.15, -0.1) is 0 Å². The van der Waals surface area contributed by atoms with Gasteiger partial charge in [0.2, 0.25) is 0 Å². The van der Waals surface area contributed by atoms with E-state index < -0.39 is 11.9 Å². The maximum atomic E-state index is 11.7.